The topological polar surface area (TPSA) is 130 Å². The second-order valence-electron chi connectivity index (χ2n) is 8.64. The van der Waals surface area contributed by atoms with Crippen molar-refractivity contribution in [2.75, 3.05) is 16.4 Å². The molecule has 0 heterocycles. The molecule has 0 unspecified atom stereocenters. The molecule has 0 saturated carbocycles. The number of carbonyl (C=O) groups is 3. The maximum absolute atomic E-state index is 13.4. The lowest BCUT2D eigenvalue weighted by Crippen LogP contribution is -2.30. The van der Waals surface area contributed by atoms with E-state index in [1.165, 1.54) is 48.2 Å². The van der Waals surface area contributed by atoms with Crippen LogP contribution >= 0.6 is 23.4 Å². The lowest BCUT2D eigenvalue weighted by molar-refractivity contribution is -0.385. The summed E-state index contributed by atoms with van der Waals surface area (Å²) >= 11 is 6.94. The predicted octanol–water partition coefficient (Wildman–Crippen LogP) is 6.53. The van der Waals surface area contributed by atoms with Gasteiger partial charge in [0.25, 0.3) is 17.5 Å². The third kappa shape index (κ3) is 8.26. The van der Waals surface area contributed by atoms with Gasteiger partial charge in [-0.15, -0.1) is 11.8 Å². The third-order valence-electron chi connectivity index (χ3n) is 5.63. The van der Waals surface area contributed by atoms with Gasteiger partial charge in [0, 0.05) is 27.9 Å². The Kier molecular flexibility index (Phi) is 10.0. The molecule has 3 amide bonds. The van der Waals surface area contributed by atoms with Crippen molar-refractivity contribution in [3.8, 4) is 0 Å². The van der Waals surface area contributed by atoms with E-state index in [0.717, 1.165) is 6.07 Å². The Morgan fingerprint density at radius 3 is 2.33 bits per heavy atom. The quantitative estimate of drug-likeness (QED) is 0.0817. The first-order chi connectivity index (χ1) is 20.2. The lowest BCUT2D eigenvalue weighted by Gasteiger charge is -2.12. The van der Waals surface area contributed by atoms with Crippen LogP contribution in [0.2, 0.25) is 5.02 Å². The van der Waals surface area contributed by atoms with Crippen molar-refractivity contribution in [3.63, 3.8) is 0 Å². The second-order valence-corrected chi connectivity index (χ2v) is 10.1. The summed E-state index contributed by atoms with van der Waals surface area (Å²) in [4.78, 5) is 50.1. The van der Waals surface area contributed by atoms with E-state index >= 15 is 0 Å². The summed E-state index contributed by atoms with van der Waals surface area (Å²) in [6.07, 6.45) is 1.24. The number of hydrogen-bond donors (Lipinski definition) is 3. The number of benzene rings is 4. The first kappa shape index (κ1) is 30.0. The molecular weight excluding hydrogens is 583 g/mol. The fraction of sp³-hybridized carbons (Fsp3) is 0.0333. The van der Waals surface area contributed by atoms with Crippen molar-refractivity contribution in [3.05, 3.63) is 135 Å². The number of para-hydroxylation sites is 1. The molecule has 4 aromatic rings. The Bertz CT molecular complexity index is 1680. The molecule has 0 spiro atoms. The number of nitrogens with one attached hydrogen (secondary N) is 3. The average molecular weight is 605 g/mol. The van der Waals surface area contributed by atoms with Gasteiger partial charge in [0.2, 0.25) is 5.91 Å². The van der Waals surface area contributed by atoms with Crippen molar-refractivity contribution in [2.45, 2.75) is 4.90 Å². The van der Waals surface area contributed by atoms with Crippen LogP contribution in [0.15, 0.2) is 108 Å². The number of amides is 3. The van der Waals surface area contributed by atoms with Gasteiger partial charge in [-0.2, -0.15) is 0 Å². The van der Waals surface area contributed by atoms with E-state index in [0.29, 0.717) is 21.8 Å². The normalized spacial score (nSPS) is 11.0. The van der Waals surface area contributed by atoms with Crippen LogP contribution in [0.1, 0.15) is 15.9 Å². The number of rotatable bonds is 10. The van der Waals surface area contributed by atoms with Gasteiger partial charge in [-0.3, -0.25) is 24.5 Å². The van der Waals surface area contributed by atoms with Gasteiger partial charge in [0.1, 0.15) is 11.5 Å². The molecule has 12 heteroatoms. The highest BCUT2D eigenvalue weighted by atomic mass is 35.5. The van der Waals surface area contributed by atoms with E-state index in [4.69, 9.17) is 11.6 Å². The SMILES string of the molecule is O=C(CSc1cccc(NC(=O)/C(=C\c2ccccc2[N+](=O)[O-])NC(=O)c2ccccc2)c1)Nc1ccc(F)c(Cl)c1. The second kappa shape index (κ2) is 14.1. The maximum Gasteiger partial charge on any atom is 0.276 e. The van der Waals surface area contributed by atoms with E-state index in [1.807, 2.05) is 0 Å². The summed E-state index contributed by atoms with van der Waals surface area (Å²) in [5.74, 6) is -2.22. The Morgan fingerprint density at radius 2 is 1.60 bits per heavy atom. The zero-order valence-electron chi connectivity index (χ0n) is 21.7. The number of nitro groups is 1. The monoisotopic (exact) mass is 604 g/mol. The molecule has 4 rings (SSSR count). The first-order valence-electron chi connectivity index (χ1n) is 12.3. The van der Waals surface area contributed by atoms with Crippen molar-refractivity contribution in [1.82, 2.24) is 5.32 Å². The molecule has 42 heavy (non-hydrogen) atoms. The molecule has 0 aliphatic carbocycles. The van der Waals surface area contributed by atoms with Crippen LogP contribution in [0.4, 0.5) is 21.5 Å². The van der Waals surface area contributed by atoms with Crippen LogP contribution in [-0.2, 0) is 9.59 Å². The molecule has 0 bridgehead atoms. The van der Waals surface area contributed by atoms with Crippen LogP contribution < -0.4 is 16.0 Å². The van der Waals surface area contributed by atoms with Crippen molar-refractivity contribution >= 4 is 64.2 Å². The minimum Gasteiger partial charge on any atom is -0.325 e. The first-order valence-corrected chi connectivity index (χ1v) is 13.7. The molecule has 0 atom stereocenters. The van der Waals surface area contributed by atoms with Gasteiger partial charge >= 0.3 is 0 Å². The number of nitrogens with zero attached hydrogens (tertiary/aromatic N) is 1. The number of nitro benzene ring substituents is 1. The summed E-state index contributed by atoms with van der Waals surface area (Å²) in [5.41, 5.74) is 0.670. The largest absolute Gasteiger partial charge is 0.325 e. The molecule has 0 aliphatic rings. The van der Waals surface area contributed by atoms with E-state index in [2.05, 4.69) is 16.0 Å². The Hall–Kier alpha value is -5.00. The number of thioether (sulfide) groups is 1. The summed E-state index contributed by atoms with van der Waals surface area (Å²) in [6, 6.07) is 24.5. The number of halogens is 2. The average Bonchev–Trinajstić information content (AvgIpc) is 2.98. The van der Waals surface area contributed by atoms with Crippen LogP contribution in [0, 0.1) is 15.9 Å². The number of hydrogen-bond acceptors (Lipinski definition) is 6. The standard InChI is InChI=1S/C30H22ClFN4O5S/c31-24-17-22(13-14-25(24)32)33-28(37)18-42-23-11-6-10-21(16-23)34-30(39)26(35-29(38)19-7-2-1-3-8-19)15-20-9-4-5-12-27(20)36(40)41/h1-17H,18H2,(H,33,37)(H,34,39)(H,35,38)/b26-15+. The van der Waals surface area contributed by atoms with E-state index in [1.54, 1.807) is 60.7 Å². The Morgan fingerprint density at radius 1 is 0.881 bits per heavy atom. The van der Waals surface area contributed by atoms with E-state index in [9.17, 15) is 28.9 Å². The number of anilines is 2. The van der Waals surface area contributed by atoms with Gasteiger partial charge in [-0.1, -0.05) is 48.0 Å². The van der Waals surface area contributed by atoms with Crippen molar-refractivity contribution in [1.29, 1.82) is 0 Å². The highest BCUT2D eigenvalue weighted by molar-refractivity contribution is 8.00. The molecule has 212 valence electrons. The van der Waals surface area contributed by atoms with Crippen LogP contribution in [0.5, 0.6) is 0 Å². The molecular formula is C30H22ClFN4O5S. The predicted molar refractivity (Wildman–Crippen MR) is 161 cm³/mol. The smallest absolute Gasteiger partial charge is 0.276 e. The van der Waals surface area contributed by atoms with Gasteiger partial charge < -0.3 is 16.0 Å². The molecule has 9 nitrogen and oxygen atoms in total. The fourth-order valence-electron chi connectivity index (χ4n) is 3.66. The fourth-order valence-corrected chi connectivity index (χ4v) is 4.59. The molecule has 3 N–H and O–H groups in total. The highest BCUT2D eigenvalue weighted by Crippen LogP contribution is 2.25. The minimum atomic E-state index is -0.717. The Balaban J connectivity index is 1.49. The van der Waals surface area contributed by atoms with Gasteiger partial charge in [0.15, 0.2) is 0 Å². The van der Waals surface area contributed by atoms with Gasteiger partial charge in [-0.05, 0) is 60.7 Å². The van der Waals surface area contributed by atoms with Crippen molar-refractivity contribution in [2.24, 2.45) is 0 Å². The molecule has 0 fully saturated rings. The lowest BCUT2D eigenvalue weighted by atomic mass is 10.1. The van der Waals surface area contributed by atoms with Crippen LogP contribution in [0.3, 0.4) is 0 Å². The highest BCUT2D eigenvalue weighted by Gasteiger charge is 2.18. The summed E-state index contributed by atoms with van der Waals surface area (Å²) in [6.45, 7) is 0. The zero-order chi connectivity index (χ0) is 30.1. The van der Waals surface area contributed by atoms with E-state index < -0.39 is 22.6 Å². The molecule has 0 radical (unpaired) electrons. The van der Waals surface area contributed by atoms with Crippen LogP contribution in [0.25, 0.3) is 6.08 Å². The summed E-state index contributed by atoms with van der Waals surface area (Å²) < 4.78 is 13.4. The van der Waals surface area contributed by atoms with E-state index in [-0.39, 0.29) is 33.6 Å². The van der Waals surface area contributed by atoms with Crippen molar-refractivity contribution < 1.29 is 23.7 Å². The van der Waals surface area contributed by atoms with Crippen LogP contribution in [-0.4, -0.2) is 28.4 Å². The maximum atomic E-state index is 13.4. The van der Waals surface area contributed by atoms with Gasteiger partial charge in [0.05, 0.1) is 21.3 Å². The number of carbonyl (C=O) groups excluding carboxylic acids is 3. The molecule has 0 aromatic heterocycles. The summed E-state index contributed by atoms with van der Waals surface area (Å²) in [7, 11) is 0. The Labute approximate surface area is 248 Å². The molecule has 4 aromatic carbocycles. The molecule has 0 saturated heterocycles. The summed E-state index contributed by atoms with van der Waals surface area (Å²) in [5, 5.41) is 19.3. The third-order valence-corrected chi connectivity index (χ3v) is 6.91. The minimum absolute atomic E-state index is 0.0162. The molecule has 0 aliphatic heterocycles. The zero-order valence-corrected chi connectivity index (χ0v) is 23.2. The van der Waals surface area contributed by atoms with Gasteiger partial charge in [-0.25, -0.2) is 4.39 Å².